The van der Waals surface area contributed by atoms with E-state index in [2.05, 4.69) is 19.2 Å². The Bertz CT molecular complexity index is 352. The molecule has 4 atom stereocenters. The Morgan fingerprint density at radius 1 is 1.48 bits per heavy atom. The summed E-state index contributed by atoms with van der Waals surface area (Å²) in [6.07, 6.45) is 6.31. The summed E-state index contributed by atoms with van der Waals surface area (Å²) in [4.78, 5) is 11.8. The van der Waals surface area contributed by atoms with Crippen LogP contribution in [0.5, 0.6) is 0 Å². The summed E-state index contributed by atoms with van der Waals surface area (Å²) in [5.41, 5.74) is -0.672. The zero-order chi connectivity index (χ0) is 15.3. The third-order valence-electron chi connectivity index (χ3n) is 5.00. The van der Waals surface area contributed by atoms with E-state index in [9.17, 15) is 9.90 Å². The quantitative estimate of drug-likeness (QED) is 0.721. The van der Waals surface area contributed by atoms with Crippen LogP contribution in [0.3, 0.4) is 0 Å². The summed E-state index contributed by atoms with van der Waals surface area (Å²) in [7, 11) is 0. The van der Waals surface area contributed by atoms with Crippen LogP contribution in [0.25, 0.3) is 0 Å². The van der Waals surface area contributed by atoms with Crippen molar-refractivity contribution in [1.82, 2.24) is 5.32 Å². The molecular formula is C16H29NO3S. The zero-order valence-corrected chi connectivity index (χ0v) is 14.1. The van der Waals surface area contributed by atoms with E-state index >= 15 is 0 Å². The fourth-order valence-corrected chi connectivity index (χ4v) is 5.03. The molecule has 1 heterocycles. The molecule has 122 valence electrons. The van der Waals surface area contributed by atoms with E-state index in [-0.39, 0.29) is 5.92 Å². The number of ether oxygens (including phenoxy) is 1. The van der Waals surface area contributed by atoms with Crippen molar-refractivity contribution in [3.63, 3.8) is 0 Å². The Kier molecular flexibility index (Phi) is 6.38. The smallest absolute Gasteiger partial charge is 0.324 e. The SMILES string of the molecule is CCCNC1(C(=O)O)CCCC1CCSC1CCOC1C. The number of carbonyl (C=O) groups is 1. The molecule has 5 heteroatoms. The summed E-state index contributed by atoms with van der Waals surface area (Å²) < 4.78 is 5.59. The van der Waals surface area contributed by atoms with Crippen molar-refractivity contribution in [2.45, 2.75) is 69.3 Å². The number of hydrogen-bond donors (Lipinski definition) is 2. The van der Waals surface area contributed by atoms with Gasteiger partial charge in [0, 0.05) is 11.9 Å². The maximum Gasteiger partial charge on any atom is 0.324 e. The van der Waals surface area contributed by atoms with Crippen LogP contribution in [0, 0.1) is 5.92 Å². The van der Waals surface area contributed by atoms with E-state index in [1.165, 1.54) is 0 Å². The summed E-state index contributed by atoms with van der Waals surface area (Å²) in [6.45, 7) is 5.90. The van der Waals surface area contributed by atoms with Gasteiger partial charge in [-0.3, -0.25) is 4.79 Å². The molecule has 2 aliphatic rings. The van der Waals surface area contributed by atoms with Crippen LogP contribution < -0.4 is 5.32 Å². The molecule has 0 aromatic rings. The molecule has 4 unspecified atom stereocenters. The Morgan fingerprint density at radius 2 is 2.29 bits per heavy atom. The number of carboxylic acids is 1. The molecule has 4 nitrogen and oxygen atoms in total. The van der Waals surface area contributed by atoms with Crippen LogP contribution in [0.1, 0.15) is 52.4 Å². The van der Waals surface area contributed by atoms with Crippen molar-refractivity contribution in [2.24, 2.45) is 5.92 Å². The lowest BCUT2D eigenvalue weighted by molar-refractivity contribution is -0.146. The van der Waals surface area contributed by atoms with Gasteiger partial charge in [0.25, 0.3) is 0 Å². The molecule has 0 spiro atoms. The van der Waals surface area contributed by atoms with E-state index in [4.69, 9.17) is 4.74 Å². The van der Waals surface area contributed by atoms with Gasteiger partial charge in [0.1, 0.15) is 5.54 Å². The number of nitrogens with one attached hydrogen (secondary N) is 1. The second-order valence-corrected chi connectivity index (χ2v) is 7.70. The molecule has 2 fully saturated rings. The van der Waals surface area contributed by atoms with Crippen LogP contribution in [-0.2, 0) is 9.53 Å². The molecule has 0 aromatic heterocycles. The molecule has 1 aliphatic heterocycles. The highest BCUT2D eigenvalue weighted by molar-refractivity contribution is 7.99. The molecule has 2 N–H and O–H groups in total. The van der Waals surface area contributed by atoms with Gasteiger partial charge in [0.15, 0.2) is 0 Å². The molecule has 1 aliphatic carbocycles. The van der Waals surface area contributed by atoms with Crippen LogP contribution in [-0.4, -0.2) is 46.9 Å². The third-order valence-corrected chi connectivity index (χ3v) is 6.52. The highest BCUT2D eigenvalue weighted by atomic mass is 32.2. The molecular weight excluding hydrogens is 286 g/mol. The maximum atomic E-state index is 11.8. The molecule has 0 bridgehead atoms. The maximum absolute atomic E-state index is 11.8. The van der Waals surface area contributed by atoms with Gasteiger partial charge in [-0.05, 0) is 57.2 Å². The summed E-state index contributed by atoms with van der Waals surface area (Å²) in [5.74, 6) is 0.666. The Balaban J connectivity index is 1.86. The Labute approximate surface area is 132 Å². The van der Waals surface area contributed by atoms with E-state index in [0.29, 0.717) is 11.4 Å². The monoisotopic (exact) mass is 315 g/mol. The first-order valence-electron chi connectivity index (χ1n) is 8.31. The second kappa shape index (κ2) is 7.84. The van der Waals surface area contributed by atoms with E-state index < -0.39 is 11.5 Å². The topological polar surface area (TPSA) is 58.6 Å². The minimum absolute atomic E-state index is 0.270. The zero-order valence-electron chi connectivity index (χ0n) is 13.3. The summed E-state index contributed by atoms with van der Waals surface area (Å²) in [6, 6.07) is 0. The molecule has 0 aromatic carbocycles. The van der Waals surface area contributed by atoms with Crippen LogP contribution in [0.2, 0.25) is 0 Å². The Hall–Kier alpha value is -0.260. The number of rotatable bonds is 8. The number of hydrogen-bond acceptors (Lipinski definition) is 4. The van der Waals surface area contributed by atoms with Crippen molar-refractivity contribution in [3.05, 3.63) is 0 Å². The first-order valence-corrected chi connectivity index (χ1v) is 9.36. The van der Waals surface area contributed by atoms with Gasteiger partial charge in [-0.15, -0.1) is 0 Å². The van der Waals surface area contributed by atoms with Gasteiger partial charge in [-0.25, -0.2) is 0 Å². The largest absolute Gasteiger partial charge is 0.480 e. The predicted molar refractivity (Wildman–Crippen MR) is 86.9 cm³/mol. The lowest BCUT2D eigenvalue weighted by Gasteiger charge is -2.33. The van der Waals surface area contributed by atoms with E-state index in [1.807, 2.05) is 11.8 Å². The van der Waals surface area contributed by atoms with Gasteiger partial charge >= 0.3 is 5.97 Å². The fraction of sp³-hybridized carbons (Fsp3) is 0.938. The van der Waals surface area contributed by atoms with Crippen LogP contribution in [0.15, 0.2) is 0 Å². The average molecular weight is 315 g/mol. The average Bonchev–Trinajstić information content (AvgIpc) is 3.04. The molecule has 21 heavy (non-hydrogen) atoms. The van der Waals surface area contributed by atoms with Gasteiger partial charge in [0.2, 0.25) is 0 Å². The van der Waals surface area contributed by atoms with Crippen LogP contribution in [0.4, 0.5) is 0 Å². The van der Waals surface area contributed by atoms with Crippen molar-refractivity contribution in [1.29, 1.82) is 0 Å². The van der Waals surface area contributed by atoms with Crippen molar-refractivity contribution < 1.29 is 14.6 Å². The van der Waals surface area contributed by atoms with E-state index in [1.54, 1.807) is 0 Å². The highest BCUT2D eigenvalue weighted by Crippen LogP contribution is 2.40. The highest BCUT2D eigenvalue weighted by Gasteiger charge is 2.48. The molecule has 0 amide bonds. The van der Waals surface area contributed by atoms with Crippen LogP contribution >= 0.6 is 11.8 Å². The normalized spacial score (nSPS) is 36.2. The fourth-order valence-electron chi connectivity index (χ4n) is 3.70. The first kappa shape index (κ1) is 17.1. The minimum Gasteiger partial charge on any atom is -0.480 e. The molecule has 2 rings (SSSR count). The standard InChI is InChI=1S/C16H29NO3S/c1-3-9-17-16(15(18)19)8-4-5-13(16)7-11-21-14-6-10-20-12(14)2/h12-14,17H,3-11H2,1-2H3,(H,18,19). The lowest BCUT2D eigenvalue weighted by atomic mass is 9.85. The Morgan fingerprint density at radius 3 is 2.90 bits per heavy atom. The third kappa shape index (κ3) is 3.93. The summed E-state index contributed by atoms with van der Waals surface area (Å²) >= 11 is 1.97. The molecule has 1 saturated carbocycles. The lowest BCUT2D eigenvalue weighted by Crippen LogP contribution is -2.55. The minimum atomic E-state index is -0.672. The number of carboxylic acid groups (broad SMARTS) is 1. The van der Waals surface area contributed by atoms with Gasteiger partial charge < -0.3 is 15.2 Å². The van der Waals surface area contributed by atoms with Gasteiger partial charge in [-0.2, -0.15) is 11.8 Å². The molecule has 1 saturated heterocycles. The predicted octanol–water partition coefficient (Wildman–Crippen LogP) is 2.91. The van der Waals surface area contributed by atoms with Gasteiger partial charge in [0.05, 0.1) is 6.10 Å². The molecule has 0 radical (unpaired) electrons. The van der Waals surface area contributed by atoms with Crippen molar-refractivity contribution in [3.8, 4) is 0 Å². The number of thioether (sulfide) groups is 1. The van der Waals surface area contributed by atoms with E-state index in [0.717, 1.165) is 57.4 Å². The summed E-state index contributed by atoms with van der Waals surface area (Å²) in [5, 5.41) is 13.7. The van der Waals surface area contributed by atoms with Crippen molar-refractivity contribution in [2.75, 3.05) is 18.9 Å². The first-order chi connectivity index (χ1) is 10.1. The second-order valence-electron chi connectivity index (χ2n) is 6.35. The number of aliphatic carboxylic acids is 1. The van der Waals surface area contributed by atoms with Gasteiger partial charge in [-0.1, -0.05) is 13.3 Å². The van der Waals surface area contributed by atoms with Crippen molar-refractivity contribution >= 4 is 17.7 Å².